The number of benzene rings is 2. The summed E-state index contributed by atoms with van der Waals surface area (Å²) >= 11 is 0. The predicted molar refractivity (Wildman–Crippen MR) is 104 cm³/mol. The zero-order valence-corrected chi connectivity index (χ0v) is 15.3. The summed E-state index contributed by atoms with van der Waals surface area (Å²) in [7, 11) is 0. The molecule has 0 heterocycles. The number of anilines is 2. The quantitative estimate of drug-likeness (QED) is 0.736. The summed E-state index contributed by atoms with van der Waals surface area (Å²) in [5.74, 6) is 0.393. The Morgan fingerprint density at radius 2 is 1.63 bits per heavy atom. The van der Waals surface area contributed by atoms with Gasteiger partial charge in [0, 0.05) is 5.69 Å². The standard InChI is InChI=1S/C23H25NO3/c25-21(26)19-3-1-2-4-20(19)24-18-7-5-17(6-8-18)22-10-15-9-16(11-22)13-23(27,12-15)14-22/h1-8,15-16,24,27H,9-14H2,(H,25,26). The highest BCUT2D eigenvalue weighted by Gasteiger charge is 2.57. The van der Waals surface area contributed by atoms with Gasteiger partial charge in [-0.25, -0.2) is 4.79 Å². The molecule has 0 spiro atoms. The molecule has 3 N–H and O–H groups in total. The second kappa shape index (κ2) is 5.83. The topological polar surface area (TPSA) is 69.6 Å². The molecule has 4 aliphatic carbocycles. The highest BCUT2D eigenvalue weighted by atomic mass is 16.4. The number of aromatic carboxylic acids is 1. The van der Waals surface area contributed by atoms with Crippen molar-refractivity contribution in [2.75, 3.05) is 5.32 Å². The molecule has 27 heavy (non-hydrogen) atoms. The van der Waals surface area contributed by atoms with Crippen LogP contribution >= 0.6 is 0 Å². The number of carboxylic acids is 1. The third-order valence-corrected chi connectivity index (χ3v) is 6.96. The SMILES string of the molecule is O=C(O)c1ccccc1Nc1ccc(C23CC4CC(CC(O)(C4)C2)C3)cc1. The monoisotopic (exact) mass is 363 g/mol. The smallest absolute Gasteiger partial charge is 0.337 e. The first-order valence-electron chi connectivity index (χ1n) is 9.87. The normalized spacial score (nSPS) is 33.8. The van der Waals surface area contributed by atoms with E-state index in [1.54, 1.807) is 18.2 Å². The van der Waals surface area contributed by atoms with Crippen molar-refractivity contribution in [3.05, 3.63) is 59.7 Å². The lowest BCUT2D eigenvalue weighted by Gasteiger charge is -2.60. The van der Waals surface area contributed by atoms with Crippen molar-refractivity contribution in [2.45, 2.75) is 49.5 Å². The van der Waals surface area contributed by atoms with Crippen LogP contribution in [0.3, 0.4) is 0 Å². The van der Waals surface area contributed by atoms with Crippen LogP contribution in [0, 0.1) is 11.8 Å². The largest absolute Gasteiger partial charge is 0.478 e. The number of nitrogens with one attached hydrogen (secondary N) is 1. The van der Waals surface area contributed by atoms with Gasteiger partial charge in [0.1, 0.15) is 0 Å². The van der Waals surface area contributed by atoms with Gasteiger partial charge < -0.3 is 15.5 Å². The van der Waals surface area contributed by atoms with Crippen LogP contribution in [0.1, 0.15) is 54.4 Å². The Bertz CT molecular complexity index is 875. The fraction of sp³-hybridized carbons (Fsp3) is 0.435. The van der Waals surface area contributed by atoms with E-state index in [1.807, 2.05) is 18.2 Å². The minimum Gasteiger partial charge on any atom is -0.478 e. The molecule has 0 radical (unpaired) electrons. The molecule has 4 aliphatic rings. The van der Waals surface area contributed by atoms with Gasteiger partial charge in [0.15, 0.2) is 0 Å². The third kappa shape index (κ3) is 2.83. The molecule has 2 aromatic carbocycles. The van der Waals surface area contributed by atoms with Gasteiger partial charge in [-0.05, 0) is 85.6 Å². The molecule has 0 aromatic heterocycles. The van der Waals surface area contributed by atoms with Crippen LogP contribution in [0.2, 0.25) is 0 Å². The zero-order valence-electron chi connectivity index (χ0n) is 15.3. The highest BCUT2D eigenvalue weighted by Crippen LogP contribution is 2.62. The van der Waals surface area contributed by atoms with Gasteiger partial charge in [-0.1, -0.05) is 24.3 Å². The number of hydrogen-bond donors (Lipinski definition) is 3. The Morgan fingerprint density at radius 3 is 2.26 bits per heavy atom. The van der Waals surface area contributed by atoms with E-state index in [-0.39, 0.29) is 11.0 Å². The lowest BCUT2D eigenvalue weighted by molar-refractivity contribution is -0.136. The first-order valence-corrected chi connectivity index (χ1v) is 9.87. The number of para-hydroxylation sites is 1. The molecule has 0 amide bonds. The zero-order chi connectivity index (χ0) is 18.6. The van der Waals surface area contributed by atoms with Crippen LogP contribution in [-0.2, 0) is 5.41 Å². The summed E-state index contributed by atoms with van der Waals surface area (Å²) in [5, 5.41) is 23.6. The molecule has 2 unspecified atom stereocenters. The molecule has 4 bridgehead atoms. The summed E-state index contributed by atoms with van der Waals surface area (Å²) in [6.45, 7) is 0. The van der Waals surface area contributed by atoms with E-state index in [4.69, 9.17) is 0 Å². The lowest BCUT2D eigenvalue weighted by atomic mass is 9.46. The maximum Gasteiger partial charge on any atom is 0.337 e. The average molecular weight is 363 g/mol. The van der Waals surface area contributed by atoms with Crippen molar-refractivity contribution in [1.82, 2.24) is 0 Å². The van der Waals surface area contributed by atoms with Crippen molar-refractivity contribution in [2.24, 2.45) is 11.8 Å². The molecular weight excluding hydrogens is 338 g/mol. The van der Waals surface area contributed by atoms with Crippen molar-refractivity contribution in [3.8, 4) is 0 Å². The molecule has 4 heteroatoms. The summed E-state index contributed by atoms with van der Waals surface area (Å²) in [5.41, 5.74) is 2.74. The van der Waals surface area contributed by atoms with E-state index in [2.05, 4.69) is 17.4 Å². The summed E-state index contributed by atoms with van der Waals surface area (Å²) in [6.07, 6.45) is 6.53. The van der Waals surface area contributed by atoms with Crippen LogP contribution in [0.5, 0.6) is 0 Å². The van der Waals surface area contributed by atoms with Crippen molar-refractivity contribution >= 4 is 17.3 Å². The molecule has 140 valence electrons. The van der Waals surface area contributed by atoms with Gasteiger partial charge in [0.2, 0.25) is 0 Å². The van der Waals surface area contributed by atoms with Gasteiger partial charge in [0.25, 0.3) is 0 Å². The second-order valence-corrected chi connectivity index (χ2v) is 9.02. The molecule has 4 fully saturated rings. The second-order valence-electron chi connectivity index (χ2n) is 9.02. The van der Waals surface area contributed by atoms with E-state index >= 15 is 0 Å². The van der Waals surface area contributed by atoms with Crippen LogP contribution in [0.4, 0.5) is 11.4 Å². The maximum absolute atomic E-state index is 11.4. The van der Waals surface area contributed by atoms with Crippen LogP contribution < -0.4 is 5.32 Å². The van der Waals surface area contributed by atoms with E-state index in [0.717, 1.165) is 24.9 Å². The minimum atomic E-state index is -0.934. The van der Waals surface area contributed by atoms with Gasteiger partial charge in [-0.15, -0.1) is 0 Å². The van der Waals surface area contributed by atoms with E-state index < -0.39 is 11.6 Å². The number of aliphatic hydroxyl groups is 1. The Morgan fingerprint density at radius 1 is 0.963 bits per heavy atom. The molecule has 4 saturated carbocycles. The summed E-state index contributed by atoms with van der Waals surface area (Å²) in [4.78, 5) is 11.4. The van der Waals surface area contributed by atoms with Gasteiger partial charge in [0.05, 0.1) is 16.9 Å². The minimum absolute atomic E-state index is 0.121. The lowest BCUT2D eigenvalue weighted by Crippen LogP contribution is -2.57. The summed E-state index contributed by atoms with van der Waals surface area (Å²) in [6, 6.07) is 15.4. The fourth-order valence-electron chi connectivity index (χ4n) is 6.39. The first kappa shape index (κ1) is 16.8. The molecule has 0 saturated heterocycles. The molecule has 0 aliphatic heterocycles. The molecule has 2 aromatic rings. The van der Waals surface area contributed by atoms with Crippen LogP contribution in [0.25, 0.3) is 0 Å². The predicted octanol–water partition coefficient (Wildman–Crippen LogP) is 4.71. The molecule has 2 atom stereocenters. The maximum atomic E-state index is 11.4. The van der Waals surface area contributed by atoms with Crippen molar-refractivity contribution in [1.29, 1.82) is 0 Å². The Kier molecular flexibility index (Phi) is 3.63. The number of hydrogen-bond acceptors (Lipinski definition) is 3. The first-order chi connectivity index (χ1) is 12.9. The molecule has 6 rings (SSSR count). The Hall–Kier alpha value is -2.33. The average Bonchev–Trinajstić information content (AvgIpc) is 2.60. The fourth-order valence-corrected chi connectivity index (χ4v) is 6.39. The van der Waals surface area contributed by atoms with Gasteiger partial charge in [-0.2, -0.15) is 0 Å². The van der Waals surface area contributed by atoms with E-state index in [1.165, 1.54) is 24.8 Å². The van der Waals surface area contributed by atoms with E-state index in [9.17, 15) is 15.0 Å². The van der Waals surface area contributed by atoms with Crippen LogP contribution in [-0.4, -0.2) is 21.8 Å². The van der Waals surface area contributed by atoms with Gasteiger partial charge in [-0.3, -0.25) is 0 Å². The van der Waals surface area contributed by atoms with Crippen LogP contribution in [0.15, 0.2) is 48.5 Å². The molecular formula is C23H25NO3. The Balaban J connectivity index is 1.41. The van der Waals surface area contributed by atoms with Crippen molar-refractivity contribution < 1.29 is 15.0 Å². The number of carbonyl (C=O) groups is 1. The molecule has 4 nitrogen and oxygen atoms in total. The van der Waals surface area contributed by atoms with E-state index in [0.29, 0.717) is 17.5 Å². The Labute approximate surface area is 159 Å². The summed E-state index contributed by atoms with van der Waals surface area (Å²) < 4.78 is 0. The number of carboxylic acid groups (broad SMARTS) is 1. The highest BCUT2D eigenvalue weighted by molar-refractivity contribution is 5.95. The van der Waals surface area contributed by atoms with Gasteiger partial charge >= 0.3 is 5.97 Å². The van der Waals surface area contributed by atoms with Crippen molar-refractivity contribution in [3.63, 3.8) is 0 Å². The number of rotatable bonds is 4. The third-order valence-electron chi connectivity index (χ3n) is 6.96.